The van der Waals surface area contributed by atoms with Crippen molar-refractivity contribution in [2.45, 2.75) is 135 Å². The van der Waals surface area contributed by atoms with Gasteiger partial charge >= 0.3 is 0 Å². The molecule has 0 radical (unpaired) electrons. The molecular weight excluding hydrogens is 252 g/mol. The van der Waals surface area contributed by atoms with E-state index in [9.17, 15) is 0 Å². The van der Waals surface area contributed by atoms with Gasteiger partial charge in [0.1, 0.15) is 0 Å². The van der Waals surface area contributed by atoms with Gasteiger partial charge in [-0.3, -0.25) is 0 Å². The highest BCUT2D eigenvalue weighted by atomic mass is 14.0. The summed E-state index contributed by atoms with van der Waals surface area (Å²) in [6.07, 6.45) is 31.5. The number of rotatable bonds is 0. The Bertz CT molecular complexity index is 125. The largest absolute Gasteiger partial charge is 0.0533 e. The van der Waals surface area contributed by atoms with Crippen LogP contribution in [-0.2, 0) is 0 Å². The molecule has 0 saturated heterocycles. The molecule has 21 heavy (non-hydrogen) atoms. The van der Waals surface area contributed by atoms with E-state index in [1.54, 1.807) is 0 Å². The molecule has 126 valence electrons. The predicted octanol–water partition coefficient (Wildman–Crippen LogP) is 8.19. The molecule has 0 aromatic rings. The van der Waals surface area contributed by atoms with Crippen molar-refractivity contribution in [1.82, 2.24) is 0 Å². The summed E-state index contributed by atoms with van der Waals surface area (Å²) in [4.78, 5) is 0. The summed E-state index contributed by atoms with van der Waals surface area (Å²) < 4.78 is 0. The zero-order chi connectivity index (χ0) is 14.8. The molecule has 0 heteroatoms. The quantitative estimate of drug-likeness (QED) is 0.395. The van der Waals surface area contributed by atoms with E-state index in [-0.39, 0.29) is 0 Å². The highest BCUT2D eigenvalue weighted by Crippen LogP contribution is 2.16. The first-order chi connectivity index (χ1) is 10.5. The van der Waals surface area contributed by atoms with Gasteiger partial charge in [0.05, 0.1) is 0 Å². The zero-order valence-corrected chi connectivity index (χ0v) is 14.8. The molecule has 0 aromatic carbocycles. The van der Waals surface area contributed by atoms with E-state index in [0.29, 0.717) is 0 Å². The summed E-state index contributed by atoms with van der Waals surface area (Å²) in [5, 5.41) is 0. The number of hydrogen-bond acceptors (Lipinski definition) is 0. The fourth-order valence-electron chi connectivity index (χ4n) is 3.71. The van der Waals surface area contributed by atoms with Gasteiger partial charge in [0.25, 0.3) is 0 Å². The second-order valence-corrected chi connectivity index (χ2v) is 7.42. The Kier molecular flexibility index (Phi) is 14.8. The van der Waals surface area contributed by atoms with Crippen LogP contribution in [0.1, 0.15) is 135 Å². The summed E-state index contributed by atoms with van der Waals surface area (Å²) in [6.45, 7) is 0. The van der Waals surface area contributed by atoms with Crippen LogP contribution in [0.25, 0.3) is 0 Å². The average Bonchev–Trinajstić information content (AvgIpc) is 2.82. The van der Waals surface area contributed by atoms with Crippen molar-refractivity contribution in [1.29, 1.82) is 0 Å². The first-order valence-electron chi connectivity index (χ1n) is 10.5. The molecule has 3 aliphatic carbocycles. The standard InChI is InChI=1S/C8H16.C7H14.C6H12/c1-2-4-6-8-7-5-3-1;1-2-4-6-7-5-3-1;1-2-4-6-5-3-1/h1-8H2;1-7H2;1-6H2. The minimum Gasteiger partial charge on any atom is -0.0533 e. The monoisotopic (exact) mass is 294 g/mol. The maximum atomic E-state index is 1.50. The third kappa shape index (κ3) is 14.7. The van der Waals surface area contributed by atoms with E-state index in [1.807, 2.05) is 0 Å². The van der Waals surface area contributed by atoms with Gasteiger partial charge in [0.15, 0.2) is 0 Å². The van der Waals surface area contributed by atoms with Crippen LogP contribution in [0.4, 0.5) is 0 Å². The summed E-state index contributed by atoms with van der Waals surface area (Å²) >= 11 is 0. The summed E-state index contributed by atoms with van der Waals surface area (Å²) in [6, 6.07) is 0. The molecular formula is C21H42. The van der Waals surface area contributed by atoms with Gasteiger partial charge < -0.3 is 0 Å². The lowest BCUT2D eigenvalue weighted by Crippen LogP contribution is -1.85. The summed E-state index contributed by atoms with van der Waals surface area (Å²) in [5.74, 6) is 0. The lowest BCUT2D eigenvalue weighted by atomic mass is 10.0. The second-order valence-electron chi connectivity index (χ2n) is 7.42. The Labute approximate surface area is 135 Å². The van der Waals surface area contributed by atoms with Crippen LogP contribution in [-0.4, -0.2) is 0 Å². The lowest BCUT2D eigenvalue weighted by Gasteiger charge is -2.05. The molecule has 0 unspecified atom stereocenters. The second kappa shape index (κ2) is 16.4. The lowest BCUT2D eigenvalue weighted by molar-refractivity contribution is 0.504. The fraction of sp³-hybridized carbons (Fsp3) is 1.00. The van der Waals surface area contributed by atoms with Gasteiger partial charge in [0, 0.05) is 0 Å². The predicted molar refractivity (Wildman–Crippen MR) is 97.0 cm³/mol. The van der Waals surface area contributed by atoms with Gasteiger partial charge in [0.2, 0.25) is 0 Å². The Morgan fingerprint density at radius 2 is 0.143 bits per heavy atom. The van der Waals surface area contributed by atoms with Crippen LogP contribution in [0.15, 0.2) is 0 Å². The van der Waals surface area contributed by atoms with E-state index < -0.39 is 0 Å². The molecule has 0 aliphatic heterocycles. The van der Waals surface area contributed by atoms with Gasteiger partial charge in [-0.1, -0.05) is 135 Å². The first kappa shape index (κ1) is 19.0. The summed E-state index contributed by atoms with van der Waals surface area (Å²) in [5.41, 5.74) is 0. The van der Waals surface area contributed by atoms with Crippen molar-refractivity contribution >= 4 is 0 Å². The van der Waals surface area contributed by atoms with Gasteiger partial charge in [-0.2, -0.15) is 0 Å². The van der Waals surface area contributed by atoms with Gasteiger partial charge in [-0.25, -0.2) is 0 Å². The fourth-order valence-corrected chi connectivity index (χ4v) is 3.71. The normalized spacial score (nSPS) is 24.0. The van der Waals surface area contributed by atoms with Crippen molar-refractivity contribution in [3.63, 3.8) is 0 Å². The van der Waals surface area contributed by atoms with E-state index in [4.69, 9.17) is 0 Å². The Morgan fingerprint density at radius 3 is 0.190 bits per heavy atom. The van der Waals surface area contributed by atoms with Crippen LogP contribution < -0.4 is 0 Å². The maximum Gasteiger partial charge on any atom is -0.0533 e. The van der Waals surface area contributed by atoms with E-state index in [2.05, 4.69) is 0 Å². The van der Waals surface area contributed by atoms with Crippen molar-refractivity contribution in [2.75, 3.05) is 0 Å². The molecule has 3 saturated carbocycles. The molecule has 0 N–H and O–H groups in total. The SMILES string of the molecule is C1CCCCC1.C1CCCCCC1.C1CCCCCCC1. The minimum absolute atomic E-state index is 1.50. The van der Waals surface area contributed by atoms with Crippen molar-refractivity contribution in [3.8, 4) is 0 Å². The van der Waals surface area contributed by atoms with E-state index in [1.165, 1.54) is 135 Å². The molecule has 0 aromatic heterocycles. The third-order valence-corrected chi connectivity index (χ3v) is 5.25. The molecule has 0 bridgehead atoms. The molecule has 3 aliphatic rings. The van der Waals surface area contributed by atoms with Crippen LogP contribution in [0, 0.1) is 0 Å². The maximum absolute atomic E-state index is 1.50. The summed E-state index contributed by atoms with van der Waals surface area (Å²) in [7, 11) is 0. The molecule has 0 atom stereocenters. The van der Waals surface area contributed by atoms with E-state index >= 15 is 0 Å². The smallest absolute Gasteiger partial charge is 0.0533 e. The first-order valence-corrected chi connectivity index (χ1v) is 10.5. The molecule has 0 amide bonds. The Balaban J connectivity index is 0.000000159. The van der Waals surface area contributed by atoms with E-state index in [0.717, 1.165) is 0 Å². The van der Waals surface area contributed by atoms with Crippen LogP contribution >= 0.6 is 0 Å². The van der Waals surface area contributed by atoms with Crippen molar-refractivity contribution in [2.24, 2.45) is 0 Å². The highest BCUT2D eigenvalue weighted by Gasteiger charge is 1.96. The molecule has 3 rings (SSSR count). The Morgan fingerprint density at radius 1 is 0.0952 bits per heavy atom. The average molecular weight is 295 g/mol. The molecule has 3 fully saturated rings. The number of hydrogen-bond donors (Lipinski definition) is 0. The van der Waals surface area contributed by atoms with Crippen LogP contribution in [0.2, 0.25) is 0 Å². The topological polar surface area (TPSA) is 0 Å². The molecule has 0 nitrogen and oxygen atoms in total. The van der Waals surface area contributed by atoms with Crippen molar-refractivity contribution < 1.29 is 0 Å². The molecule has 0 spiro atoms. The third-order valence-electron chi connectivity index (χ3n) is 5.25. The highest BCUT2D eigenvalue weighted by molar-refractivity contribution is 4.52. The van der Waals surface area contributed by atoms with Crippen LogP contribution in [0.5, 0.6) is 0 Å². The van der Waals surface area contributed by atoms with Crippen molar-refractivity contribution in [3.05, 3.63) is 0 Å². The molecule has 0 heterocycles. The minimum atomic E-state index is 1.50. The van der Waals surface area contributed by atoms with Gasteiger partial charge in [-0.05, 0) is 0 Å². The zero-order valence-electron chi connectivity index (χ0n) is 14.8. The van der Waals surface area contributed by atoms with Gasteiger partial charge in [-0.15, -0.1) is 0 Å². The van der Waals surface area contributed by atoms with Crippen LogP contribution in [0.3, 0.4) is 0 Å². The Hall–Kier alpha value is 0.